The van der Waals surface area contributed by atoms with Crippen LogP contribution in [0, 0.1) is 0 Å². The summed E-state index contributed by atoms with van der Waals surface area (Å²) in [5, 5.41) is 5.33. The molecule has 0 bridgehead atoms. The van der Waals surface area contributed by atoms with E-state index in [1.54, 1.807) is 45.1 Å². The van der Waals surface area contributed by atoms with Crippen molar-refractivity contribution < 1.29 is 23.5 Å². The van der Waals surface area contributed by atoms with Gasteiger partial charge in [0.05, 0.1) is 25.0 Å². The standard InChI is InChI=1S/C17H24N4O5/c1-5-25-16(23)14-11(9-21(4)10-13(22)20(2)3)18-17(24)19-15(14)12-7-6-8-26-12/h6-8,15H,5,9-10H2,1-4H3,(H2,18,19,24). The number of furan rings is 1. The smallest absolute Gasteiger partial charge is 0.338 e. The third kappa shape index (κ3) is 4.63. The Morgan fingerprint density at radius 1 is 1.31 bits per heavy atom. The molecular formula is C17H24N4O5. The maximum atomic E-state index is 12.5. The fourth-order valence-electron chi connectivity index (χ4n) is 2.56. The van der Waals surface area contributed by atoms with Gasteiger partial charge in [-0.25, -0.2) is 9.59 Å². The summed E-state index contributed by atoms with van der Waals surface area (Å²) in [6.45, 7) is 2.24. The highest BCUT2D eigenvalue weighted by Gasteiger charge is 2.35. The van der Waals surface area contributed by atoms with Crippen molar-refractivity contribution >= 4 is 17.9 Å². The molecule has 0 spiro atoms. The Kier molecular flexibility index (Phi) is 6.40. The zero-order valence-electron chi connectivity index (χ0n) is 15.4. The Hall–Kier alpha value is -2.81. The van der Waals surface area contributed by atoms with E-state index in [1.807, 2.05) is 0 Å². The monoisotopic (exact) mass is 364 g/mol. The van der Waals surface area contributed by atoms with Crippen LogP contribution in [0.25, 0.3) is 0 Å². The van der Waals surface area contributed by atoms with Gasteiger partial charge in [0.25, 0.3) is 0 Å². The topological polar surface area (TPSA) is 104 Å². The zero-order chi connectivity index (χ0) is 19.3. The summed E-state index contributed by atoms with van der Waals surface area (Å²) in [6, 6.07) is 2.13. The van der Waals surface area contributed by atoms with E-state index in [-0.39, 0.29) is 31.2 Å². The SMILES string of the molecule is CCOC(=O)C1=C(CN(C)CC(=O)N(C)C)NC(=O)NC1c1ccco1. The molecular weight excluding hydrogens is 340 g/mol. The van der Waals surface area contributed by atoms with Gasteiger partial charge in [-0.15, -0.1) is 0 Å². The lowest BCUT2D eigenvalue weighted by Crippen LogP contribution is -2.48. The number of rotatable bonds is 7. The second-order valence-electron chi connectivity index (χ2n) is 6.12. The van der Waals surface area contributed by atoms with Crippen LogP contribution in [0.1, 0.15) is 18.7 Å². The number of hydrogen-bond acceptors (Lipinski definition) is 6. The number of ether oxygens (including phenoxy) is 1. The molecule has 1 aliphatic rings. The predicted octanol–water partition coefficient (Wildman–Crippen LogP) is 0.471. The summed E-state index contributed by atoms with van der Waals surface area (Å²) in [4.78, 5) is 39.7. The molecule has 0 aliphatic carbocycles. The molecule has 0 radical (unpaired) electrons. The molecule has 9 heteroatoms. The van der Waals surface area contributed by atoms with E-state index in [0.717, 1.165) is 0 Å². The van der Waals surface area contributed by atoms with Crippen molar-refractivity contribution in [1.29, 1.82) is 0 Å². The van der Waals surface area contributed by atoms with Crippen LogP contribution < -0.4 is 10.6 Å². The van der Waals surface area contributed by atoms with Crippen molar-refractivity contribution in [1.82, 2.24) is 20.4 Å². The molecule has 2 heterocycles. The normalized spacial score (nSPS) is 17.0. The highest BCUT2D eigenvalue weighted by atomic mass is 16.5. The van der Waals surface area contributed by atoms with Crippen LogP contribution in [0.3, 0.4) is 0 Å². The zero-order valence-corrected chi connectivity index (χ0v) is 15.4. The fourth-order valence-corrected chi connectivity index (χ4v) is 2.56. The molecule has 26 heavy (non-hydrogen) atoms. The first-order valence-corrected chi connectivity index (χ1v) is 8.23. The summed E-state index contributed by atoms with van der Waals surface area (Å²) < 4.78 is 10.5. The Labute approximate surface area is 151 Å². The van der Waals surface area contributed by atoms with E-state index in [9.17, 15) is 14.4 Å². The summed E-state index contributed by atoms with van der Waals surface area (Å²) in [5.41, 5.74) is 0.633. The molecule has 2 N–H and O–H groups in total. The van der Waals surface area contributed by atoms with Gasteiger partial charge in [0.15, 0.2) is 0 Å². The summed E-state index contributed by atoms with van der Waals surface area (Å²) >= 11 is 0. The van der Waals surface area contributed by atoms with Crippen LogP contribution in [-0.2, 0) is 14.3 Å². The molecule has 1 aromatic rings. The second kappa shape index (κ2) is 8.52. The van der Waals surface area contributed by atoms with Gasteiger partial charge in [-0.3, -0.25) is 9.69 Å². The Morgan fingerprint density at radius 2 is 2.04 bits per heavy atom. The minimum absolute atomic E-state index is 0.0892. The molecule has 0 aromatic carbocycles. The molecule has 1 aromatic heterocycles. The van der Waals surface area contributed by atoms with Crippen molar-refractivity contribution in [2.45, 2.75) is 13.0 Å². The fraction of sp³-hybridized carbons (Fsp3) is 0.471. The maximum Gasteiger partial charge on any atom is 0.338 e. The molecule has 1 aliphatic heterocycles. The van der Waals surface area contributed by atoms with E-state index in [1.165, 1.54) is 11.2 Å². The van der Waals surface area contributed by atoms with Gasteiger partial charge in [0.2, 0.25) is 5.91 Å². The van der Waals surface area contributed by atoms with Crippen molar-refractivity contribution in [3.05, 3.63) is 35.4 Å². The van der Waals surface area contributed by atoms with Crippen LogP contribution >= 0.6 is 0 Å². The quantitative estimate of drug-likeness (QED) is 0.682. The number of esters is 1. The van der Waals surface area contributed by atoms with E-state index >= 15 is 0 Å². The van der Waals surface area contributed by atoms with Gasteiger partial charge < -0.3 is 24.7 Å². The number of carbonyl (C=O) groups excluding carboxylic acids is 3. The van der Waals surface area contributed by atoms with Crippen molar-refractivity contribution in [3.63, 3.8) is 0 Å². The maximum absolute atomic E-state index is 12.5. The van der Waals surface area contributed by atoms with E-state index in [2.05, 4.69) is 10.6 Å². The first-order chi connectivity index (χ1) is 12.3. The van der Waals surface area contributed by atoms with Gasteiger partial charge in [-0.2, -0.15) is 0 Å². The Bertz CT molecular complexity index is 696. The van der Waals surface area contributed by atoms with Gasteiger partial charge in [-0.05, 0) is 26.1 Å². The first kappa shape index (κ1) is 19.5. The van der Waals surface area contributed by atoms with Crippen LogP contribution in [0.15, 0.2) is 34.1 Å². The number of carbonyl (C=O) groups is 3. The molecule has 2 rings (SSSR count). The number of urea groups is 1. The molecule has 1 unspecified atom stereocenters. The van der Waals surface area contributed by atoms with Gasteiger partial charge in [0.1, 0.15) is 11.8 Å². The van der Waals surface area contributed by atoms with Crippen LogP contribution in [0.2, 0.25) is 0 Å². The van der Waals surface area contributed by atoms with Crippen LogP contribution in [-0.4, -0.2) is 68.5 Å². The second-order valence-corrected chi connectivity index (χ2v) is 6.12. The van der Waals surface area contributed by atoms with Gasteiger partial charge >= 0.3 is 12.0 Å². The van der Waals surface area contributed by atoms with Crippen molar-refractivity contribution in [3.8, 4) is 0 Å². The molecule has 0 saturated carbocycles. The van der Waals surface area contributed by atoms with E-state index in [4.69, 9.17) is 9.15 Å². The van der Waals surface area contributed by atoms with Crippen molar-refractivity contribution in [2.75, 3.05) is 40.8 Å². The average molecular weight is 364 g/mol. The van der Waals surface area contributed by atoms with E-state index in [0.29, 0.717) is 11.5 Å². The van der Waals surface area contributed by atoms with Crippen LogP contribution in [0.4, 0.5) is 4.79 Å². The number of hydrogen-bond donors (Lipinski definition) is 2. The van der Waals surface area contributed by atoms with Crippen molar-refractivity contribution in [2.24, 2.45) is 0 Å². The highest BCUT2D eigenvalue weighted by molar-refractivity contribution is 5.95. The lowest BCUT2D eigenvalue weighted by atomic mass is 10.00. The molecule has 1 atom stereocenters. The molecule has 0 saturated heterocycles. The number of amides is 3. The third-order valence-electron chi connectivity index (χ3n) is 3.81. The Balaban J connectivity index is 2.34. The predicted molar refractivity (Wildman–Crippen MR) is 93.0 cm³/mol. The molecule has 0 fully saturated rings. The summed E-state index contributed by atoms with van der Waals surface area (Å²) in [7, 11) is 5.06. The third-order valence-corrected chi connectivity index (χ3v) is 3.81. The lowest BCUT2D eigenvalue weighted by molar-refractivity contribution is -0.139. The Morgan fingerprint density at radius 3 is 2.62 bits per heavy atom. The largest absolute Gasteiger partial charge is 0.467 e. The first-order valence-electron chi connectivity index (χ1n) is 8.23. The number of nitrogens with zero attached hydrogens (tertiary/aromatic N) is 2. The molecule has 3 amide bonds. The van der Waals surface area contributed by atoms with Gasteiger partial charge in [-0.1, -0.05) is 0 Å². The van der Waals surface area contributed by atoms with Gasteiger partial charge in [0, 0.05) is 26.3 Å². The summed E-state index contributed by atoms with van der Waals surface area (Å²) in [5.74, 6) is -0.218. The van der Waals surface area contributed by atoms with Crippen LogP contribution in [0.5, 0.6) is 0 Å². The average Bonchev–Trinajstić information content (AvgIpc) is 3.08. The minimum atomic E-state index is -0.759. The number of likely N-dealkylation sites (N-methyl/N-ethyl adjacent to an activating group) is 2. The molecule has 9 nitrogen and oxygen atoms in total. The minimum Gasteiger partial charge on any atom is -0.467 e. The molecule has 142 valence electrons. The summed E-state index contributed by atoms with van der Waals surface area (Å²) in [6.07, 6.45) is 1.47. The highest BCUT2D eigenvalue weighted by Crippen LogP contribution is 2.28. The lowest BCUT2D eigenvalue weighted by Gasteiger charge is -2.30. The number of nitrogens with one attached hydrogen (secondary N) is 2. The van der Waals surface area contributed by atoms with E-state index < -0.39 is 18.0 Å².